The van der Waals surface area contributed by atoms with Gasteiger partial charge in [-0.25, -0.2) is 13.1 Å². The van der Waals surface area contributed by atoms with E-state index < -0.39 is 10.0 Å². The number of hydrogen-bond acceptors (Lipinski definition) is 6. The number of anilines is 1. The molecule has 0 amide bonds. The van der Waals surface area contributed by atoms with E-state index >= 15 is 0 Å². The quantitative estimate of drug-likeness (QED) is 0.384. The van der Waals surface area contributed by atoms with Crippen LogP contribution in [0.1, 0.15) is 41.6 Å². The van der Waals surface area contributed by atoms with Crippen molar-refractivity contribution >= 4 is 33.1 Å². The van der Waals surface area contributed by atoms with Crippen LogP contribution in [0.25, 0.3) is 0 Å². The lowest BCUT2D eigenvalue weighted by Gasteiger charge is -2.31. The summed E-state index contributed by atoms with van der Waals surface area (Å²) in [6, 6.07) is 10.0. The van der Waals surface area contributed by atoms with Gasteiger partial charge in [-0.3, -0.25) is 4.79 Å². The monoisotopic (exact) mass is 493 g/mol. The second kappa shape index (κ2) is 11.3. The fourth-order valence-corrected chi connectivity index (χ4v) is 5.25. The van der Waals surface area contributed by atoms with Crippen LogP contribution < -0.4 is 15.2 Å². The Morgan fingerprint density at radius 2 is 1.88 bits per heavy atom. The standard InChI is InChI=1S/C24H32ClN3O4S/c1-17-3-6-19(7-4-17)33(30,31)27-11-14-28-12-9-18(10-13-28)5-8-23(29)20-15-21(25)22(26)16-24(20)32-2/h3-4,6-7,15-16,18,27H,5,8-14,26H2,1-2H3. The number of carbonyl (C=O) groups is 1. The van der Waals surface area contributed by atoms with Crippen LogP contribution in [-0.4, -0.2) is 52.4 Å². The first-order valence-electron chi connectivity index (χ1n) is 11.1. The van der Waals surface area contributed by atoms with Crippen LogP contribution in [0, 0.1) is 12.8 Å². The second-order valence-electron chi connectivity index (χ2n) is 8.53. The maximum absolute atomic E-state index is 12.7. The van der Waals surface area contributed by atoms with Crippen molar-refractivity contribution in [1.29, 1.82) is 0 Å². The number of Topliss-reactive ketones (excluding diaryl/α,β-unsaturated/α-hetero) is 1. The van der Waals surface area contributed by atoms with Crippen molar-refractivity contribution in [3.8, 4) is 5.75 Å². The van der Waals surface area contributed by atoms with E-state index in [2.05, 4.69) is 9.62 Å². The van der Waals surface area contributed by atoms with E-state index in [-0.39, 0.29) is 10.7 Å². The fourth-order valence-electron chi connectivity index (χ4n) is 4.06. The van der Waals surface area contributed by atoms with E-state index in [1.807, 2.05) is 6.92 Å². The number of ketones is 1. The summed E-state index contributed by atoms with van der Waals surface area (Å²) in [7, 11) is -1.98. The lowest BCUT2D eigenvalue weighted by atomic mass is 9.90. The fraction of sp³-hybridized carbons (Fsp3) is 0.458. The molecule has 1 fully saturated rings. The molecule has 0 saturated carbocycles. The number of piperidine rings is 1. The summed E-state index contributed by atoms with van der Waals surface area (Å²) >= 11 is 6.08. The molecule has 1 aliphatic heterocycles. The van der Waals surface area contributed by atoms with Gasteiger partial charge in [-0.15, -0.1) is 0 Å². The summed E-state index contributed by atoms with van der Waals surface area (Å²) in [6.45, 7) is 4.74. The van der Waals surface area contributed by atoms with Gasteiger partial charge in [0.1, 0.15) is 5.75 Å². The summed E-state index contributed by atoms with van der Waals surface area (Å²) in [5, 5.41) is 0.352. The lowest BCUT2D eigenvalue weighted by molar-refractivity contribution is 0.0960. The number of nitrogen functional groups attached to an aromatic ring is 1. The molecule has 3 rings (SSSR count). The number of nitrogens with two attached hydrogens (primary N) is 1. The van der Waals surface area contributed by atoms with Crippen molar-refractivity contribution in [3.05, 3.63) is 52.5 Å². The van der Waals surface area contributed by atoms with Crippen molar-refractivity contribution < 1.29 is 17.9 Å². The maximum Gasteiger partial charge on any atom is 0.240 e. The third-order valence-electron chi connectivity index (χ3n) is 6.16. The molecule has 33 heavy (non-hydrogen) atoms. The van der Waals surface area contributed by atoms with Crippen LogP contribution in [0.15, 0.2) is 41.3 Å². The molecule has 180 valence electrons. The number of likely N-dealkylation sites (tertiary alicyclic amines) is 1. The zero-order chi connectivity index (χ0) is 24.0. The molecule has 1 heterocycles. The molecule has 0 radical (unpaired) electrons. The number of rotatable bonds is 10. The number of carbonyl (C=O) groups excluding carboxylic acids is 1. The van der Waals surface area contributed by atoms with Crippen LogP contribution in [0.5, 0.6) is 5.75 Å². The van der Waals surface area contributed by atoms with Gasteiger partial charge in [-0.1, -0.05) is 29.3 Å². The van der Waals surface area contributed by atoms with Crippen molar-refractivity contribution in [3.63, 3.8) is 0 Å². The van der Waals surface area contributed by atoms with Crippen molar-refractivity contribution in [2.24, 2.45) is 5.92 Å². The average Bonchev–Trinajstić information content (AvgIpc) is 2.80. The molecular weight excluding hydrogens is 462 g/mol. The second-order valence-corrected chi connectivity index (χ2v) is 10.7. The van der Waals surface area contributed by atoms with E-state index in [1.165, 1.54) is 7.11 Å². The molecule has 9 heteroatoms. The first-order valence-corrected chi connectivity index (χ1v) is 13.0. The average molecular weight is 494 g/mol. The molecule has 1 aliphatic rings. The molecule has 1 saturated heterocycles. The lowest BCUT2D eigenvalue weighted by Crippen LogP contribution is -2.39. The minimum Gasteiger partial charge on any atom is -0.496 e. The number of nitrogens with one attached hydrogen (secondary N) is 1. The Morgan fingerprint density at radius 1 is 1.21 bits per heavy atom. The summed E-state index contributed by atoms with van der Waals surface area (Å²) in [5.41, 5.74) is 7.68. The van der Waals surface area contributed by atoms with Crippen molar-refractivity contribution in [1.82, 2.24) is 9.62 Å². The van der Waals surface area contributed by atoms with E-state index in [0.717, 1.165) is 37.9 Å². The van der Waals surface area contributed by atoms with Gasteiger partial charge in [-0.2, -0.15) is 0 Å². The number of sulfonamides is 1. The summed E-state index contributed by atoms with van der Waals surface area (Å²) < 4.78 is 32.8. The normalized spacial score (nSPS) is 15.5. The van der Waals surface area contributed by atoms with E-state index in [0.29, 0.717) is 47.5 Å². The number of methoxy groups -OCH3 is 1. The van der Waals surface area contributed by atoms with Crippen molar-refractivity contribution in [2.45, 2.75) is 37.5 Å². The SMILES string of the molecule is COc1cc(N)c(Cl)cc1C(=O)CCC1CCN(CCNS(=O)(=O)c2ccc(C)cc2)CC1. The highest BCUT2D eigenvalue weighted by atomic mass is 35.5. The summed E-state index contributed by atoms with van der Waals surface area (Å²) in [4.78, 5) is 15.3. The third-order valence-corrected chi connectivity index (χ3v) is 7.96. The number of halogens is 1. The molecule has 0 unspecified atom stereocenters. The Bertz CT molecular complexity index is 1070. The minimum atomic E-state index is -3.49. The number of aryl methyl sites for hydroxylation is 1. The maximum atomic E-state index is 12.7. The molecule has 2 aromatic rings. The van der Waals surface area contributed by atoms with Gasteiger partial charge in [0.15, 0.2) is 5.78 Å². The van der Waals surface area contributed by atoms with Gasteiger partial charge in [0.25, 0.3) is 0 Å². The molecule has 0 spiro atoms. The Labute approximate surface area is 201 Å². The van der Waals surface area contributed by atoms with Gasteiger partial charge in [0.05, 0.1) is 28.3 Å². The molecule has 3 N–H and O–H groups in total. The zero-order valence-corrected chi connectivity index (χ0v) is 20.7. The van der Waals surface area contributed by atoms with Gasteiger partial charge in [0, 0.05) is 25.6 Å². The number of ether oxygens (including phenoxy) is 1. The van der Waals surface area contributed by atoms with Crippen LogP contribution in [0.3, 0.4) is 0 Å². The Morgan fingerprint density at radius 3 is 2.52 bits per heavy atom. The smallest absolute Gasteiger partial charge is 0.240 e. The Kier molecular flexibility index (Phi) is 8.75. The highest BCUT2D eigenvalue weighted by Crippen LogP contribution is 2.31. The molecule has 0 aliphatic carbocycles. The van der Waals surface area contributed by atoms with Crippen molar-refractivity contribution in [2.75, 3.05) is 39.0 Å². The van der Waals surface area contributed by atoms with Crippen LogP contribution in [0.2, 0.25) is 5.02 Å². The topological polar surface area (TPSA) is 102 Å². The summed E-state index contributed by atoms with van der Waals surface area (Å²) in [5.74, 6) is 0.913. The van der Waals surface area contributed by atoms with Gasteiger partial charge >= 0.3 is 0 Å². The Hall–Kier alpha value is -2.13. The van der Waals surface area contributed by atoms with Crippen LogP contribution in [-0.2, 0) is 10.0 Å². The predicted molar refractivity (Wildman–Crippen MR) is 132 cm³/mol. The van der Waals surface area contributed by atoms with E-state index in [1.54, 1.807) is 36.4 Å². The van der Waals surface area contributed by atoms with E-state index in [4.69, 9.17) is 22.1 Å². The summed E-state index contributed by atoms with van der Waals surface area (Å²) in [6.07, 6.45) is 3.20. The number of hydrogen-bond donors (Lipinski definition) is 2. The highest BCUT2D eigenvalue weighted by molar-refractivity contribution is 7.89. The van der Waals surface area contributed by atoms with Gasteiger partial charge in [0.2, 0.25) is 10.0 Å². The van der Waals surface area contributed by atoms with Crippen LogP contribution >= 0.6 is 11.6 Å². The molecule has 7 nitrogen and oxygen atoms in total. The highest BCUT2D eigenvalue weighted by Gasteiger charge is 2.22. The van der Waals surface area contributed by atoms with Crippen LogP contribution in [0.4, 0.5) is 5.69 Å². The minimum absolute atomic E-state index is 0.00157. The third kappa shape index (κ3) is 6.93. The zero-order valence-electron chi connectivity index (χ0n) is 19.1. The molecule has 0 bridgehead atoms. The van der Waals surface area contributed by atoms with Gasteiger partial charge in [-0.05, 0) is 63.4 Å². The molecule has 0 aromatic heterocycles. The largest absolute Gasteiger partial charge is 0.496 e. The molecule has 0 atom stereocenters. The first-order chi connectivity index (χ1) is 15.7. The Balaban J connectivity index is 1.41. The predicted octanol–water partition coefficient (Wildman–Crippen LogP) is 3.89. The molecule has 2 aromatic carbocycles. The first kappa shape index (κ1) is 25.5. The number of nitrogens with zero attached hydrogens (tertiary/aromatic N) is 1. The number of benzene rings is 2. The molecular formula is C24H32ClN3O4S. The van der Waals surface area contributed by atoms with Gasteiger partial charge < -0.3 is 15.4 Å². The van der Waals surface area contributed by atoms with E-state index in [9.17, 15) is 13.2 Å².